The first-order valence-electron chi connectivity index (χ1n) is 9.04. The lowest BCUT2D eigenvalue weighted by atomic mass is 10.1. The maximum absolute atomic E-state index is 13.1. The van der Waals surface area contributed by atoms with Gasteiger partial charge in [-0.05, 0) is 62.2 Å². The van der Waals surface area contributed by atoms with Crippen LogP contribution >= 0.6 is 11.8 Å². The van der Waals surface area contributed by atoms with Gasteiger partial charge in [-0.3, -0.25) is 0 Å². The lowest BCUT2D eigenvalue weighted by Crippen LogP contribution is -2.29. The van der Waals surface area contributed by atoms with Crippen molar-refractivity contribution < 1.29 is 22.3 Å². The summed E-state index contributed by atoms with van der Waals surface area (Å²) in [4.78, 5) is 6.86. The second-order valence-corrected chi connectivity index (χ2v) is 7.70. The van der Waals surface area contributed by atoms with Gasteiger partial charge in [-0.15, -0.1) is 11.8 Å². The van der Waals surface area contributed by atoms with Gasteiger partial charge in [0.2, 0.25) is 0 Å². The number of ether oxygens (including phenoxy) is 1. The molecule has 3 nitrogen and oxygen atoms in total. The summed E-state index contributed by atoms with van der Waals surface area (Å²) in [5.41, 5.74) is 2.62. The Morgan fingerprint density at radius 2 is 1.90 bits per heavy atom. The Hall–Kier alpha value is -2.22. The Kier molecular flexibility index (Phi) is 7.96. The summed E-state index contributed by atoms with van der Waals surface area (Å²) >= 11 is 0.668. The van der Waals surface area contributed by atoms with Crippen LogP contribution in [-0.4, -0.2) is 42.9 Å². The first kappa shape index (κ1) is 23.1. The van der Waals surface area contributed by atoms with E-state index in [0.29, 0.717) is 28.2 Å². The number of nitrogens with zero attached hydrogens (tertiary/aromatic N) is 2. The van der Waals surface area contributed by atoms with Crippen molar-refractivity contribution in [3.05, 3.63) is 47.5 Å². The third kappa shape index (κ3) is 6.66. The van der Waals surface area contributed by atoms with Crippen LogP contribution in [0.3, 0.4) is 0 Å². The van der Waals surface area contributed by atoms with Crippen LogP contribution in [0.4, 0.5) is 23.2 Å². The molecular formula is C21H24F4N2OS. The van der Waals surface area contributed by atoms with E-state index in [-0.39, 0.29) is 0 Å². The topological polar surface area (TPSA) is 24.8 Å². The van der Waals surface area contributed by atoms with E-state index in [4.69, 9.17) is 4.74 Å². The van der Waals surface area contributed by atoms with Crippen molar-refractivity contribution in [3.63, 3.8) is 0 Å². The van der Waals surface area contributed by atoms with Gasteiger partial charge < -0.3 is 9.64 Å². The SMILES string of the molecule is CCN(C)/C=N\c1cc(C)c(Oc2cccc(SCC(F)(F)C(F)F)c2)cc1C. The molecule has 8 heteroatoms. The molecule has 2 aromatic rings. The molecule has 0 saturated heterocycles. The van der Waals surface area contributed by atoms with Gasteiger partial charge in [0.15, 0.2) is 0 Å². The molecule has 2 aromatic carbocycles. The maximum Gasteiger partial charge on any atom is 0.316 e. The van der Waals surface area contributed by atoms with E-state index in [2.05, 4.69) is 4.99 Å². The minimum absolute atomic E-state index is 0.432. The molecule has 2 rings (SSSR count). The van der Waals surface area contributed by atoms with Gasteiger partial charge in [0.25, 0.3) is 0 Å². The lowest BCUT2D eigenvalue weighted by Gasteiger charge is -2.15. The van der Waals surface area contributed by atoms with Crippen LogP contribution in [0.5, 0.6) is 11.5 Å². The largest absolute Gasteiger partial charge is 0.457 e. The smallest absolute Gasteiger partial charge is 0.316 e. The van der Waals surface area contributed by atoms with Gasteiger partial charge >= 0.3 is 12.3 Å². The van der Waals surface area contributed by atoms with Crippen molar-refractivity contribution in [2.24, 2.45) is 4.99 Å². The average molecular weight is 428 g/mol. The fourth-order valence-electron chi connectivity index (χ4n) is 2.26. The summed E-state index contributed by atoms with van der Waals surface area (Å²) in [7, 11) is 1.94. The number of aryl methyl sites for hydroxylation is 2. The average Bonchev–Trinajstić information content (AvgIpc) is 2.68. The molecule has 158 valence electrons. The summed E-state index contributed by atoms with van der Waals surface area (Å²) in [5, 5.41) is 0. The van der Waals surface area contributed by atoms with E-state index >= 15 is 0 Å². The first-order chi connectivity index (χ1) is 13.6. The van der Waals surface area contributed by atoms with Gasteiger partial charge in [-0.1, -0.05) is 6.07 Å². The molecule has 0 fully saturated rings. The standard InChI is InChI=1S/C21H24F4N2OS/c1-5-27(4)13-26-18-9-15(3)19(10-14(18)2)28-16-7-6-8-17(11-16)29-12-21(24,25)20(22)23/h6-11,13,20H,5,12H2,1-4H3/b26-13-. The normalized spacial score (nSPS) is 12.0. The monoisotopic (exact) mass is 428 g/mol. The minimum atomic E-state index is -4.03. The van der Waals surface area contributed by atoms with Crippen molar-refractivity contribution >= 4 is 23.8 Å². The van der Waals surface area contributed by atoms with Crippen LogP contribution in [0.15, 0.2) is 46.3 Å². The number of aliphatic imine (C=N–C) groups is 1. The summed E-state index contributed by atoms with van der Waals surface area (Å²) in [6, 6.07) is 10.2. The van der Waals surface area contributed by atoms with Gasteiger partial charge in [0.05, 0.1) is 17.8 Å². The number of hydrogen-bond donors (Lipinski definition) is 0. The minimum Gasteiger partial charge on any atom is -0.457 e. The Morgan fingerprint density at radius 3 is 2.55 bits per heavy atom. The molecule has 0 aromatic heterocycles. The molecule has 0 aliphatic heterocycles. The Labute approximate surface area is 172 Å². The number of alkyl halides is 4. The van der Waals surface area contributed by atoms with Crippen LogP contribution in [0.25, 0.3) is 0 Å². The third-order valence-corrected chi connectivity index (χ3v) is 5.29. The fourth-order valence-corrected chi connectivity index (χ4v) is 3.12. The molecule has 0 amide bonds. The molecule has 0 saturated carbocycles. The summed E-state index contributed by atoms with van der Waals surface area (Å²) in [5.74, 6) is -3.96. The van der Waals surface area contributed by atoms with Gasteiger partial charge in [-0.2, -0.15) is 8.78 Å². The number of thioether (sulfide) groups is 1. The molecule has 0 aliphatic rings. The Balaban J connectivity index is 2.14. The van der Waals surface area contributed by atoms with E-state index in [1.807, 2.05) is 44.9 Å². The Morgan fingerprint density at radius 1 is 1.17 bits per heavy atom. The second kappa shape index (κ2) is 10.0. The van der Waals surface area contributed by atoms with Crippen molar-refractivity contribution in [2.75, 3.05) is 19.3 Å². The number of rotatable bonds is 9. The quantitative estimate of drug-likeness (QED) is 0.192. The van der Waals surface area contributed by atoms with Gasteiger partial charge in [0.1, 0.15) is 11.5 Å². The van der Waals surface area contributed by atoms with Crippen molar-refractivity contribution in [2.45, 2.75) is 38.0 Å². The number of hydrogen-bond acceptors (Lipinski definition) is 3. The molecule has 0 heterocycles. The van der Waals surface area contributed by atoms with Gasteiger partial charge in [0, 0.05) is 18.5 Å². The number of halogens is 4. The number of benzene rings is 2. The fraction of sp³-hybridized carbons (Fsp3) is 0.381. The first-order valence-corrected chi connectivity index (χ1v) is 10.0. The van der Waals surface area contributed by atoms with Crippen LogP contribution < -0.4 is 4.74 Å². The van der Waals surface area contributed by atoms with Crippen LogP contribution in [-0.2, 0) is 0 Å². The summed E-state index contributed by atoms with van der Waals surface area (Å²) in [6.45, 7) is 6.69. The second-order valence-electron chi connectivity index (χ2n) is 6.65. The van der Waals surface area contributed by atoms with Crippen molar-refractivity contribution in [3.8, 4) is 11.5 Å². The molecule has 0 N–H and O–H groups in total. The summed E-state index contributed by atoms with van der Waals surface area (Å²) in [6.07, 6.45) is -1.92. The predicted molar refractivity (Wildman–Crippen MR) is 111 cm³/mol. The lowest BCUT2D eigenvalue weighted by molar-refractivity contribution is -0.109. The molecule has 0 radical (unpaired) electrons. The Bertz CT molecular complexity index is 859. The zero-order valence-corrected chi connectivity index (χ0v) is 17.6. The molecule has 0 spiro atoms. The molecular weight excluding hydrogens is 404 g/mol. The highest BCUT2D eigenvalue weighted by molar-refractivity contribution is 7.99. The van der Waals surface area contributed by atoms with Crippen LogP contribution in [0.1, 0.15) is 18.1 Å². The third-order valence-electron chi connectivity index (χ3n) is 4.17. The van der Waals surface area contributed by atoms with Crippen molar-refractivity contribution in [1.82, 2.24) is 4.90 Å². The van der Waals surface area contributed by atoms with E-state index in [1.54, 1.807) is 30.6 Å². The molecule has 0 bridgehead atoms. The van der Waals surface area contributed by atoms with Crippen LogP contribution in [0.2, 0.25) is 0 Å². The van der Waals surface area contributed by atoms with Crippen LogP contribution in [0, 0.1) is 13.8 Å². The summed E-state index contributed by atoms with van der Waals surface area (Å²) < 4.78 is 56.8. The molecule has 0 unspecified atom stereocenters. The van der Waals surface area contributed by atoms with Gasteiger partial charge in [-0.25, -0.2) is 13.8 Å². The highest BCUT2D eigenvalue weighted by atomic mass is 32.2. The van der Waals surface area contributed by atoms with E-state index < -0.39 is 18.1 Å². The molecule has 0 atom stereocenters. The molecule has 0 aliphatic carbocycles. The predicted octanol–water partition coefficient (Wildman–Crippen LogP) is 6.70. The van der Waals surface area contributed by atoms with Crippen molar-refractivity contribution in [1.29, 1.82) is 0 Å². The molecule has 29 heavy (non-hydrogen) atoms. The highest BCUT2D eigenvalue weighted by Crippen LogP contribution is 2.35. The highest BCUT2D eigenvalue weighted by Gasteiger charge is 2.40. The zero-order chi connectivity index (χ0) is 21.6. The van der Waals surface area contributed by atoms with E-state index in [9.17, 15) is 17.6 Å². The zero-order valence-electron chi connectivity index (χ0n) is 16.8. The van der Waals surface area contributed by atoms with E-state index in [0.717, 1.165) is 23.4 Å². The van der Waals surface area contributed by atoms with E-state index in [1.165, 1.54) is 0 Å². The maximum atomic E-state index is 13.1.